The Bertz CT molecular complexity index is 429. The minimum atomic E-state index is -4.68. The Morgan fingerprint density at radius 2 is 2.10 bits per heavy atom. The first kappa shape index (κ1) is 16.0. The number of esters is 1. The van der Waals surface area contributed by atoms with Crippen LogP contribution in [0.25, 0.3) is 0 Å². The van der Waals surface area contributed by atoms with Crippen molar-refractivity contribution in [1.82, 2.24) is 4.90 Å². The van der Waals surface area contributed by atoms with Crippen LogP contribution in [0.1, 0.15) is 25.7 Å². The van der Waals surface area contributed by atoms with E-state index >= 15 is 0 Å². The molecule has 0 spiro atoms. The number of rotatable bonds is 3. The van der Waals surface area contributed by atoms with Crippen molar-refractivity contribution in [3.63, 3.8) is 0 Å². The lowest BCUT2D eigenvalue weighted by Crippen LogP contribution is -2.51. The molecule has 2 heterocycles. The number of halogens is 3. The summed E-state index contributed by atoms with van der Waals surface area (Å²) in [5.74, 6) is -1.67. The van der Waals surface area contributed by atoms with Crippen LogP contribution in [0.3, 0.4) is 0 Å². The Morgan fingerprint density at radius 1 is 1.43 bits per heavy atom. The Labute approximate surface area is 119 Å². The molecule has 9 heteroatoms. The molecule has 0 aromatic rings. The van der Waals surface area contributed by atoms with Crippen molar-refractivity contribution in [2.45, 2.75) is 50.0 Å². The SMILES string of the molecule is COC(=O)C[C@H]1[C@H]([N+](=O)[O-])[C@@H](C(F)(F)F)N2CCCC[C@@H]12. The number of nitro groups is 1. The van der Waals surface area contributed by atoms with Gasteiger partial charge < -0.3 is 4.74 Å². The number of methoxy groups -OCH3 is 1. The van der Waals surface area contributed by atoms with E-state index in [1.165, 1.54) is 4.90 Å². The number of carbonyl (C=O) groups excluding carboxylic acids is 1. The Morgan fingerprint density at radius 3 is 2.62 bits per heavy atom. The fourth-order valence-electron chi connectivity index (χ4n) is 3.63. The lowest BCUT2D eigenvalue weighted by atomic mass is 9.87. The Hall–Kier alpha value is -1.38. The second-order valence-corrected chi connectivity index (χ2v) is 5.51. The summed E-state index contributed by atoms with van der Waals surface area (Å²) >= 11 is 0. The molecule has 2 saturated heterocycles. The normalized spacial score (nSPS) is 33.5. The molecule has 120 valence electrons. The number of hydrogen-bond acceptors (Lipinski definition) is 5. The minimum Gasteiger partial charge on any atom is -0.469 e. The topological polar surface area (TPSA) is 72.7 Å². The molecule has 0 unspecified atom stereocenters. The molecule has 0 aromatic carbocycles. The molecule has 0 saturated carbocycles. The van der Waals surface area contributed by atoms with E-state index in [9.17, 15) is 28.1 Å². The third kappa shape index (κ3) is 2.97. The molecule has 2 fully saturated rings. The quantitative estimate of drug-likeness (QED) is 0.450. The van der Waals surface area contributed by atoms with Crippen LogP contribution in [0.4, 0.5) is 13.2 Å². The smallest absolute Gasteiger partial charge is 0.410 e. The van der Waals surface area contributed by atoms with Crippen molar-refractivity contribution in [1.29, 1.82) is 0 Å². The minimum absolute atomic E-state index is 0.177. The zero-order valence-electron chi connectivity index (χ0n) is 11.5. The van der Waals surface area contributed by atoms with Crippen LogP contribution in [-0.4, -0.2) is 53.7 Å². The number of nitrogens with zero attached hydrogens (tertiary/aromatic N) is 2. The first-order valence-electron chi connectivity index (χ1n) is 6.80. The van der Waals surface area contributed by atoms with Crippen LogP contribution in [0, 0.1) is 16.0 Å². The summed E-state index contributed by atoms with van der Waals surface area (Å²) < 4.78 is 44.3. The van der Waals surface area contributed by atoms with E-state index in [2.05, 4.69) is 4.74 Å². The fraction of sp³-hybridized carbons (Fsp3) is 0.917. The van der Waals surface area contributed by atoms with E-state index < -0.39 is 41.1 Å². The maximum absolute atomic E-state index is 13.3. The summed E-state index contributed by atoms with van der Waals surface area (Å²) in [7, 11) is 1.12. The molecule has 4 atom stereocenters. The van der Waals surface area contributed by atoms with E-state index in [1.807, 2.05) is 0 Å². The van der Waals surface area contributed by atoms with Gasteiger partial charge in [0.1, 0.15) is 0 Å². The fourth-order valence-corrected chi connectivity index (χ4v) is 3.63. The highest BCUT2D eigenvalue weighted by Gasteiger charge is 2.65. The maximum Gasteiger partial charge on any atom is 0.410 e. The van der Waals surface area contributed by atoms with Crippen LogP contribution in [0.15, 0.2) is 0 Å². The molecule has 0 N–H and O–H groups in total. The van der Waals surface area contributed by atoms with Crippen LogP contribution >= 0.6 is 0 Å². The molecule has 0 radical (unpaired) electrons. The van der Waals surface area contributed by atoms with Gasteiger partial charge in [0.25, 0.3) is 0 Å². The molecule has 6 nitrogen and oxygen atoms in total. The number of hydrogen-bond donors (Lipinski definition) is 0. The summed E-state index contributed by atoms with van der Waals surface area (Å²) in [6.45, 7) is 0.177. The highest BCUT2D eigenvalue weighted by atomic mass is 19.4. The van der Waals surface area contributed by atoms with E-state index in [0.717, 1.165) is 7.11 Å². The highest BCUT2D eigenvalue weighted by molar-refractivity contribution is 5.69. The van der Waals surface area contributed by atoms with Crippen molar-refractivity contribution in [2.75, 3.05) is 13.7 Å². The van der Waals surface area contributed by atoms with Gasteiger partial charge >= 0.3 is 12.1 Å². The van der Waals surface area contributed by atoms with Gasteiger partial charge in [0.15, 0.2) is 6.04 Å². The lowest BCUT2D eigenvalue weighted by molar-refractivity contribution is -0.540. The zero-order valence-corrected chi connectivity index (χ0v) is 11.5. The number of fused-ring (bicyclic) bond motifs is 1. The van der Waals surface area contributed by atoms with Crippen molar-refractivity contribution in [3.8, 4) is 0 Å². The predicted molar refractivity (Wildman–Crippen MR) is 65.1 cm³/mol. The summed E-state index contributed by atoms with van der Waals surface area (Å²) in [5, 5.41) is 11.2. The van der Waals surface area contributed by atoms with E-state index in [0.29, 0.717) is 19.3 Å². The molecular weight excluding hydrogens is 293 g/mol. The standard InChI is InChI=1S/C12H17F3N2O4/c1-21-9(18)6-7-8-4-2-3-5-16(8)11(12(13,14)15)10(7)17(19)20/h7-8,10-11H,2-6H2,1H3/t7-,8+,10+,11+/m1/s1. The van der Waals surface area contributed by atoms with E-state index in [-0.39, 0.29) is 13.0 Å². The lowest BCUT2D eigenvalue weighted by Gasteiger charge is -2.34. The van der Waals surface area contributed by atoms with Crippen molar-refractivity contribution < 1.29 is 27.6 Å². The first-order chi connectivity index (χ1) is 9.77. The molecule has 21 heavy (non-hydrogen) atoms. The van der Waals surface area contributed by atoms with Gasteiger partial charge in [0, 0.05) is 11.0 Å². The van der Waals surface area contributed by atoms with Crippen LogP contribution < -0.4 is 0 Å². The van der Waals surface area contributed by atoms with Gasteiger partial charge in [0.05, 0.1) is 19.4 Å². The van der Waals surface area contributed by atoms with Gasteiger partial charge in [-0.25, -0.2) is 0 Å². The second-order valence-electron chi connectivity index (χ2n) is 5.51. The van der Waals surface area contributed by atoms with Crippen molar-refractivity contribution in [3.05, 3.63) is 10.1 Å². The van der Waals surface area contributed by atoms with Gasteiger partial charge in [-0.1, -0.05) is 6.42 Å². The van der Waals surface area contributed by atoms with Crippen LogP contribution in [0.2, 0.25) is 0 Å². The maximum atomic E-state index is 13.3. The Balaban J connectivity index is 2.36. The van der Waals surface area contributed by atoms with Gasteiger partial charge in [-0.15, -0.1) is 0 Å². The van der Waals surface area contributed by atoms with Crippen LogP contribution in [-0.2, 0) is 9.53 Å². The van der Waals surface area contributed by atoms with Crippen LogP contribution in [0.5, 0.6) is 0 Å². The largest absolute Gasteiger partial charge is 0.469 e. The molecule has 2 aliphatic rings. The molecule has 2 aliphatic heterocycles. The van der Waals surface area contributed by atoms with Gasteiger partial charge in [-0.3, -0.25) is 19.8 Å². The zero-order chi connectivity index (χ0) is 15.8. The summed E-state index contributed by atoms with van der Waals surface area (Å²) in [4.78, 5) is 22.9. The summed E-state index contributed by atoms with van der Waals surface area (Å²) in [6.07, 6.45) is -3.29. The van der Waals surface area contributed by atoms with Crippen molar-refractivity contribution in [2.24, 2.45) is 5.92 Å². The molecule has 0 aromatic heterocycles. The van der Waals surface area contributed by atoms with Crippen molar-refractivity contribution >= 4 is 5.97 Å². The first-order valence-corrected chi connectivity index (χ1v) is 6.80. The monoisotopic (exact) mass is 310 g/mol. The number of alkyl halides is 3. The molecular formula is C12H17F3N2O4. The number of ether oxygens (including phenoxy) is 1. The summed E-state index contributed by atoms with van der Waals surface area (Å²) in [5.41, 5.74) is 0. The molecule has 0 amide bonds. The molecule has 0 bridgehead atoms. The number of piperidine rings is 1. The predicted octanol–water partition coefficient (Wildman–Crippen LogP) is 1.61. The highest BCUT2D eigenvalue weighted by Crippen LogP contribution is 2.45. The van der Waals surface area contributed by atoms with Gasteiger partial charge in [0.2, 0.25) is 6.04 Å². The van der Waals surface area contributed by atoms with E-state index in [4.69, 9.17) is 0 Å². The Kier molecular flexibility index (Phi) is 4.40. The number of carbonyl (C=O) groups is 1. The second kappa shape index (κ2) is 5.78. The third-order valence-corrected chi connectivity index (χ3v) is 4.41. The van der Waals surface area contributed by atoms with Gasteiger partial charge in [-0.05, 0) is 19.4 Å². The summed E-state index contributed by atoms with van der Waals surface area (Å²) in [6, 6.07) is -4.51. The van der Waals surface area contributed by atoms with E-state index in [1.54, 1.807) is 0 Å². The molecule has 2 rings (SSSR count). The third-order valence-electron chi connectivity index (χ3n) is 4.41. The average molecular weight is 310 g/mol. The van der Waals surface area contributed by atoms with Gasteiger partial charge in [-0.2, -0.15) is 13.2 Å². The molecule has 0 aliphatic carbocycles. The average Bonchev–Trinajstić information content (AvgIpc) is 2.73.